The minimum absolute atomic E-state index is 0.136. The zero-order valence-electron chi connectivity index (χ0n) is 14.3. The Kier molecular flexibility index (Phi) is 8.73. The molecule has 0 spiro atoms. The molecular weight excluding hydrogens is 430 g/mol. The normalized spacial score (nSPS) is 18.0. The molecule has 0 atom stereocenters. The molecule has 1 saturated carbocycles. The Morgan fingerprint density at radius 3 is 1.87 bits per heavy atom. The van der Waals surface area contributed by atoms with Crippen LogP contribution >= 0.6 is 26.3 Å². The maximum absolute atomic E-state index is 11.1. The summed E-state index contributed by atoms with van der Waals surface area (Å²) in [7, 11) is 0. The van der Waals surface area contributed by atoms with E-state index in [-0.39, 0.29) is 18.5 Å². The Morgan fingerprint density at radius 2 is 1.48 bits per heavy atom. The first-order valence-electron chi connectivity index (χ1n) is 8.40. The van der Waals surface area contributed by atoms with Crippen LogP contribution in [0, 0.1) is 0 Å². The Morgan fingerprint density at radius 1 is 1.00 bits per heavy atom. The van der Waals surface area contributed by atoms with Crippen molar-refractivity contribution < 1.29 is 24.2 Å². The molecule has 1 rings (SSSR count). The van der Waals surface area contributed by atoms with Gasteiger partial charge in [-0.2, -0.15) is 0 Å². The number of ether oxygens (including phenoxy) is 2. The molecule has 0 aromatic heterocycles. The van der Waals surface area contributed by atoms with Gasteiger partial charge in [-0.3, -0.25) is 0 Å². The average molecular weight is 460 g/mol. The number of carbonyl (C=O) groups is 2. The molecule has 0 amide bonds. The summed E-state index contributed by atoms with van der Waals surface area (Å²) in [5.74, 6) is -0.529. The summed E-state index contributed by atoms with van der Waals surface area (Å²) in [4.78, 5) is 22.3. The third-order valence-electron chi connectivity index (χ3n) is 4.97. The molecule has 0 radical (unpaired) electrons. The molecule has 136 valence electrons. The van der Waals surface area contributed by atoms with Crippen molar-refractivity contribution in [2.45, 2.75) is 51.6 Å². The summed E-state index contributed by atoms with van der Waals surface area (Å²) >= 11 is 2.61. The Labute approximate surface area is 152 Å². The van der Waals surface area contributed by atoms with Gasteiger partial charge in [0.1, 0.15) is 0 Å². The molecule has 23 heavy (non-hydrogen) atoms. The molecule has 0 aliphatic heterocycles. The summed E-state index contributed by atoms with van der Waals surface area (Å²) in [6, 6.07) is 0. The minimum atomic E-state index is -2.36. The van der Waals surface area contributed by atoms with Gasteiger partial charge in [0.05, 0.1) is 0 Å². The molecule has 1 aliphatic rings. The fourth-order valence-corrected chi connectivity index (χ4v) is 12.1. The number of halogens is 1. The number of hydrogen-bond acceptors (Lipinski definition) is 5. The molecule has 0 heterocycles. The van der Waals surface area contributed by atoms with Crippen LogP contribution in [0.5, 0.6) is 0 Å². The maximum atomic E-state index is 11.1. The van der Waals surface area contributed by atoms with E-state index in [1.165, 1.54) is 46.0 Å². The number of carbonyl (C=O) groups excluding carboxylic acids is 2. The number of esters is 2. The Hall–Kier alpha value is 0.0600. The molecule has 0 unspecified atom stereocenters. The van der Waals surface area contributed by atoms with Crippen molar-refractivity contribution in [1.29, 1.82) is 0 Å². The van der Waals surface area contributed by atoms with Crippen LogP contribution < -0.4 is 0 Å². The summed E-state index contributed by atoms with van der Waals surface area (Å²) in [6.07, 6.45) is 8.40. The van der Waals surface area contributed by atoms with Crippen molar-refractivity contribution in [2.75, 3.05) is 38.3 Å². The topological polar surface area (TPSA) is 72.8 Å². The van der Waals surface area contributed by atoms with Gasteiger partial charge in [-0.25, -0.2) is 0 Å². The predicted octanol–water partition coefficient (Wildman–Crippen LogP) is 3.34. The first-order chi connectivity index (χ1) is 10.8. The van der Waals surface area contributed by atoms with Crippen LogP contribution in [0.3, 0.4) is 0 Å². The van der Waals surface area contributed by atoms with Crippen molar-refractivity contribution in [3.8, 4) is 0 Å². The van der Waals surface area contributed by atoms with Gasteiger partial charge < -0.3 is 0 Å². The number of aliphatic hydroxyl groups is 1. The molecule has 1 N–H and O–H groups in total. The van der Waals surface area contributed by atoms with Gasteiger partial charge in [0.2, 0.25) is 0 Å². The molecular formula is C16H30IO5P. The first-order valence-corrected chi connectivity index (χ1v) is 14.0. The molecule has 0 saturated heterocycles. The molecule has 1 fully saturated rings. The van der Waals surface area contributed by atoms with E-state index in [0.29, 0.717) is 18.9 Å². The van der Waals surface area contributed by atoms with E-state index in [1.807, 2.05) is 0 Å². The van der Waals surface area contributed by atoms with Gasteiger partial charge in [0.25, 0.3) is 0 Å². The summed E-state index contributed by atoms with van der Waals surface area (Å²) < 4.78 is 8.10. The fraction of sp³-hybridized carbons (Fsp3) is 0.875. The Balaban J connectivity index is 2.94. The van der Waals surface area contributed by atoms with E-state index in [9.17, 15) is 14.7 Å². The van der Waals surface area contributed by atoms with Crippen molar-refractivity contribution in [2.24, 2.45) is 0 Å². The SMILES string of the molecule is CC(=O)OCCP(I)(CCO)(CCOC(C)=O)C1CCCCC1. The predicted molar refractivity (Wildman–Crippen MR) is 103 cm³/mol. The van der Waals surface area contributed by atoms with Crippen molar-refractivity contribution in [1.82, 2.24) is 0 Å². The summed E-state index contributed by atoms with van der Waals surface area (Å²) in [5, 5.41) is 9.73. The van der Waals surface area contributed by atoms with Crippen LogP contribution in [-0.2, 0) is 19.1 Å². The average Bonchev–Trinajstić information content (AvgIpc) is 2.48. The number of rotatable bonds is 9. The Bertz CT molecular complexity index is 389. The quantitative estimate of drug-likeness (QED) is 0.325. The van der Waals surface area contributed by atoms with Crippen molar-refractivity contribution in [3.05, 3.63) is 0 Å². The fourth-order valence-electron chi connectivity index (χ4n) is 3.66. The molecule has 5 nitrogen and oxygen atoms in total. The standard InChI is InChI=1S/C16H30IO5P/c1-14(19)21-9-12-23(17,11-8-18,13-10-22-15(2)20)16-6-4-3-5-7-16/h16,18H,3-13H2,1-2H3. The molecule has 0 aromatic rings. The third-order valence-corrected chi connectivity index (χ3v) is 17.8. The zero-order valence-corrected chi connectivity index (χ0v) is 17.3. The van der Waals surface area contributed by atoms with Crippen LogP contribution in [0.25, 0.3) is 0 Å². The van der Waals surface area contributed by atoms with Crippen LogP contribution in [0.2, 0.25) is 0 Å². The van der Waals surface area contributed by atoms with Crippen LogP contribution in [0.4, 0.5) is 0 Å². The van der Waals surface area contributed by atoms with Crippen molar-refractivity contribution in [3.63, 3.8) is 0 Å². The first kappa shape index (κ1) is 21.1. The van der Waals surface area contributed by atoms with Gasteiger partial charge >= 0.3 is 152 Å². The van der Waals surface area contributed by atoms with E-state index in [0.717, 1.165) is 18.5 Å². The molecule has 0 aromatic carbocycles. The summed E-state index contributed by atoms with van der Waals surface area (Å²) in [6.45, 7) is 3.78. The third kappa shape index (κ3) is 6.46. The van der Waals surface area contributed by atoms with Gasteiger partial charge in [0, 0.05) is 0 Å². The van der Waals surface area contributed by atoms with E-state index < -0.39 is 4.25 Å². The summed E-state index contributed by atoms with van der Waals surface area (Å²) in [5.41, 5.74) is 0.564. The molecule has 7 heteroatoms. The number of aliphatic hydroxyl groups excluding tert-OH is 1. The van der Waals surface area contributed by atoms with Crippen LogP contribution in [0.1, 0.15) is 46.0 Å². The van der Waals surface area contributed by atoms with Crippen molar-refractivity contribution >= 4 is 38.2 Å². The van der Waals surface area contributed by atoms with E-state index in [4.69, 9.17) is 9.47 Å². The van der Waals surface area contributed by atoms with Gasteiger partial charge in [0.15, 0.2) is 0 Å². The molecule has 0 bridgehead atoms. The van der Waals surface area contributed by atoms with Gasteiger partial charge in [-0.05, 0) is 0 Å². The van der Waals surface area contributed by atoms with Gasteiger partial charge in [-0.15, -0.1) is 0 Å². The monoisotopic (exact) mass is 460 g/mol. The second-order valence-electron chi connectivity index (χ2n) is 6.54. The van der Waals surface area contributed by atoms with Crippen LogP contribution in [0.15, 0.2) is 0 Å². The van der Waals surface area contributed by atoms with E-state index in [2.05, 4.69) is 22.0 Å². The van der Waals surface area contributed by atoms with Crippen LogP contribution in [-0.4, -0.2) is 61.0 Å². The zero-order chi connectivity index (χ0) is 17.4. The van der Waals surface area contributed by atoms with E-state index >= 15 is 0 Å². The van der Waals surface area contributed by atoms with Gasteiger partial charge in [-0.1, -0.05) is 0 Å². The molecule has 1 aliphatic carbocycles. The van der Waals surface area contributed by atoms with E-state index in [1.54, 1.807) is 0 Å². The second-order valence-corrected chi connectivity index (χ2v) is 19.8. The second kappa shape index (κ2) is 9.52. The number of hydrogen-bond donors (Lipinski definition) is 1.